The molecule has 2 rings (SSSR count). The lowest BCUT2D eigenvalue weighted by Crippen LogP contribution is -2.48. The molecular weight excluding hydrogens is 272 g/mol. The molecule has 2 N–H and O–H groups in total. The van der Waals surface area contributed by atoms with Crippen molar-refractivity contribution in [2.75, 3.05) is 18.8 Å². The van der Waals surface area contributed by atoms with Gasteiger partial charge in [-0.3, -0.25) is 0 Å². The summed E-state index contributed by atoms with van der Waals surface area (Å²) in [5, 5.41) is 0. The fraction of sp³-hybridized carbons (Fsp3) is 1.00. The topological polar surface area (TPSA) is 63.4 Å². The zero-order valence-corrected chi connectivity index (χ0v) is 12.5. The Bertz CT molecular complexity index is 344. The minimum atomic E-state index is -3.06. The average Bonchev–Trinajstić information content (AvgIpc) is 2.26. The van der Waals surface area contributed by atoms with Crippen LogP contribution in [0.15, 0.2) is 0 Å². The van der Waals surface area contributed by atoms with Crippen LogP contribution in [0.25, 0.3) is 0 Å². The normalized spacial score (nSPS) is 26.4. The molecule has 6 heteroatoms. The molecule has 0 spiro atoms. The van der Waals surface area contributed by atoms with Crippen molar-refractivity contribution in [1.29, 1.82) is 0 Å². The molecule has 0 aromatic rings. The van der Waals surface area contributed by atoms with Crippen molar-refractivity contribution in [2.24, 2.45) is 11.7 Å². The van der Waals surface area contributed by atoms with Gasteiger partial charge in [-0.1, -0.05) is 25.7 Å². The third-order valence-corrected chi connectivity index (χ3v) is 6.16. The molecule has 1 saturated heterocycles. The monoisotopic (exact) mass is 296 g/mol. The first-order chi connectivity index (χ1) is 8.13. The molecule has 4 nitrogen and oxygen atoms in total. The van der Waals surface area contributed by atoms with E-state index in [0.717, 1.165) is 25.7 Å². The number of halogens is 1. The van der Waals surface area contributed by atoms with Crippen LogP contribution in [0, 0.1) is 5.92 Å². The van der Waals surface area contributed by atoms with Crippen LogP contribution in [0.2, 0.25) is 0 Å². The average molecular weight is 297 g/mol. The Kier molecular flexibility index (Phi) is 6.38. The van der Waals surface area contributed by atoms with Gasteiger partial charge in [-0.25, -0.2) is 8.42 Å². The molecule has 0 aromatic heterocycles. The number of nitrogens with two attached hydrogens (primary N) is 1. The standard InChI is InChI=1S/C12H24N2O2S.ClH/c13-10-12-6-1-2-8-14(12)17(15,16)9-7-11-4-3-5-11;/h11-12H,1-10,13H2;1H. The summed E-state index contributed by atoms with van der Waals surface area (Å²) >= 11 is 0. The molecule has 0 amide bonds. The van der Waals surface area contributed by atoms with Crippen LogP contribution in [0.1, 0.15) is 44.9 Å². The summed E-state index contributed by atoms with van der Waals surface area (Å²) in [6.07, 6.45) is 7.58. The van der Waals surface area contributed by atoms with E-state index in [1.807, 2.05) is 0 Å². The first-order valence-corrected chi connectivity index (χ1v) is 8.44. The van der Waals surface area contributed by atoms with Crippen molar-refractivity contribution in [3.8, 4) is 0 Å². The molecule has 0 radical (unpaired) electrons. The fourth-order valence-corrected chi connectivity index (χ4v) is 4.71. The molecule has 18 heavy (non-hydrogen) atoms. The third kappa shape index (κ3) is 3.83. The van der Waals surface area contributed by atoms with Crippen LogP contribution < -0.4 is 5.73 Å². The number of piperidine rings is 1. The van der Waals surface area contributed by atoms with E-state index in [2.05, 4.69) is 0 Å². The van der Waals surface area contributed by atoms with Gasteiger partial charge in [0, 0.05) is 19.1 Å². The number of hydrogen-bond acceptors (Lipinski definition) is 3. The highest BCUT2D eigenvalue weighted by Gasteiger charge is 2.32. The lowest BCUT2D eigenvalue weighted by Gasteiger charge is -2.34. The van der Waals surface area contributed by atoms with Gasteiger partial charge in [-0.15, -0.1) is 12.4 Å². The van der Waals surface area contributed by atoms with Crippen molar-refractivity contribution in [1.82, 2.24) is 4.31 Å². The van der Waals surface area contributed by atoms with Gasteiger partial charge in [-0.05, 0) is 25.2 Å². The Morgan fingerprint density at radius 3 is 2.39 bits per heavy atom. The predicted molar refractivity (Wildman–Crippen MR) is 76.4 cm³/mol. The molecule has 2 fully saturated rings. The molecule has 1 aliphatic carbocycles. The highest BCUT2D eigenvalue weighted by Crippen LogP contribution is 2.30. The molecule has 1 atom stereocenters. The van der Waals surface area contributed by atoms with Crippen LogP contribution in [0.3, 0.4) is 0 Å². The van der Waals surface area contributed by atoms with Gasteiger partial charge < -0.3 is 5.73 Å². The van der Waals surface area contributed by atoms with E-state index in [9.17, 15) is 8.42 Å². The van der Waals surface area contributed by atoms with Gasteiger partial charge in [0.1, 0.15) is 0 Å². The zero-order valence-electron chi connectivity index (χ0n) is 10.9. The minimum absolute atomic E-state index is 0. The van der Waals surface area contributed by atoms with E-state index in [-0.39, 0.29) is 18.4 Å². The summed E-state index contributed by atoms with van der Waals surface area (Å²) in [5.74, 6) is 0.986. The maximum atomic E-state index is 12.3. The summed E-state index contributed by atoms with van der Waals surface area (Å²) in [7, 11) is -3.06. The molecule has 1 aliphatic heterocycles. The molecule has 2 aliphatic rings. The SMILES string of the molecule is Cl.NCC1CCCCN1S(=O)(=O)CCC1CCC1. The number of sulfonamides is 1. The molecule has 0 bridgehead atoms. The number of hydrogen-bond donors (Lipinski definition) is 1. The molecule has 108 valence electrons. The Morgan fingerprint density at radius 1 is 1.11 bits per heavy atom. The number of rotatable bonds is 5. The highest BCUT2D eigenvalue weighted by atomic mass is 35.5. The Labute approximate surface area is 117 Å². The van der Waals surface area contributed by atoms with E-state index < -0.39 is 10.0 Å². The van der Waals surface area contributed by atoms with E-state index in [1.165, 1.54) is 19.3 Å². The summed E-state index contributed by atoms with van der Waals surface area (Å²) < 4.78 is 26.2. The second-order valence-electron chi connectivity index (χ2n) is 5.40. The van der Waals surface area contributed by atoms with Crippen LogP contribution in [0.5, 0.6) is 0 Å². The maximum absolute atomic E-state index is 12.3. The van der Waals surface area contributed by atoms with Crippen molar-refractivity contribution in [2.45, 2.75) is 51.0 Å². The van der Waals surface area contributed by atoms with Crippen LogP contribution in [-0.4, -0.2) is 37.6 Å². The Hall–Kier alpha value is 0.160. The second kappa shape index (κ2) is 7.08. The summed E-state index contributed by atoms with van der Waals surface area (Å²) in [6, 6.07) is 0.0511. The molecule has 1 heterocycles. The van der Waals surface area contributed by atoms with Gasteiger partial charge >= 0.3 is 0 Å². The molecular formula is C12H25ClN2O2S. The van der Waals surface area contributed by atoms with Gasteiger partial charge in [0.05, 0.1) is 5.75 Å². The van der Waals surface area contributed by atoms with Crippen molar-refractivity contribution in [3.05, 3.63) is 0 Å². The third-order valence-electron chi connectivity index (χ3n) is 4.21. The Morgan fingerprint density at radius 2 is 1.83 bits per heavy atom. The lowest BCUT2D eigenvalue weighted by molar-refractivity contribution is 0.254. The number of nitrogens with zero attached hydrogens (tertiary/aromatic N) is 1. The quantitative estimate of drug-likeness (QED) is 0.840. The van der Waals surface area contributed by atoms with E-state index >= 15 is 0 Å². The Balaban J connectivity index is 0.00000162. The van der Waals surface area contributed by atoms with E-state index in [1.54, 1.807) is 4.31 Å². The first-order valence-electron chi connectivity index (χ1n) is 6.83. The van der Waals surface area contributed by atoms with Crippen molar-refractivity contribution < 1.29 is 8.42 Å². The van der Waals surface area contributed by atoms with Crippen molar-refractivity contribution in [3.63, 3.8) is 0 Å². The zero-order chi connectivity index (χ0) is 12.3. The highest BCUT2D eigenvalue weighted by molar-refractivity contribution is 7.89. The smallest absolute Gasteiger partial charge is 0.214 e. The largest absolute Gasteiger partial charge is 0.329 e. The van der Waals surface area contributed by atoms with Crippen LogP contribution >= 0.6 is 12.4 Å². The van der Waals surface area contributed by atoms with Gasteiger partial charge in [0.25, 0.3) is 0 Å². The van der Waals surface area contributed by atoms with Crippen LogP contribution in [-0.2, 0) is 10.0 Å². The predicted octanol–water partition coefficient (Wildman–Crippen LogP) is 1.74. The van der Waals surface area contributed by atoms with Crippen molar-refractivity contribution >= 4 is 22.4 Å². The van der Waals surface area contributed by atoms with Crippen LogP contribution in [0.4, 0.5) is 0 Å². The molecule has 1 unspecified atom stereocenters. The van der Waals surface area contributed by atoms with E-state index in [0.29, 0.717) is 24.8 Å². The fourth-order valence-electron chi connectivity index (χ4n) is 2.79. The second-order valence-corrected chi connectivity index (χ2v) is 7.44. The van der Waals surface area contributed by atoms with E-state index in [4.69, 9.17) is 5.73 Å². The molecule has 0 aromatic carbocycles. The van der Waals surface area contributed by atoms with Gasteiger partial charge in [-0.2, -0.15) is 4.31 Å². The molecule has 1 saturated carbocycles. The maximum Gasteiger partial charge on any atom is 0.214 e. The summed E-state index contributed by atoms with van der Waals surface area (Å²) in [6.45, 7) is 1.14. The lowest BCUT2D eigenvalue weighted by atomic mass is 9.84. The minimum Gasteiger partial charge on any atom is -0.329 e. The summed E-state index contributed by atoms with van der Waals surface area (Å²) in [5.41, 5.74) is 5.68. The van der Waals surface area contributed by atoms with Gasteiger partial charge in [0.2, 0.25) is 10.0 Å². The summed E-state index contributed by atoms with van der Waals surface area (Å²) in [4.78, 5) is 0. The van der Waals surface area contributed by atoms with Gasteiger partial charge in [0.15, 0.2) is 0 Å². The first kappa shape index (κ1) is 16.2.